The van der Waals surface area contributed by atoms with Gasteiger partial charge in [-0.2, -0.15) is 5.26 Å². The predicted octanol–water partition coefficient (Wildman–Crippen LogP) is 2.27. The minimum Gasteiger partial charge on any atom is -0.379 e. The summed E-state index contributed by atoms with van der Waals surface area (Å²) < 4.78 is 5.34. The fourth-order valence-electron chi connectivity index (χ4n) is 2.48. The van der Waals surface area contributed by atoms with Gasteiger partial charge in [0.15, 0.2) is 0 Å². The third-order valence-electron chi connectivity index (χ3n) is 3.85. The van der Waals surface area contributed by atoms with E-state index in [-0.39, 0.29) is 6.03 Å². The highest BCUT2D eigenvalue weighted by atomic mass is 32.2. The van der Waals surface area contributed by atoms with Gasteiger partial charge < -0.3 is 15.0 Å². The quantitative estimate of drug-likeness (QED) is 0.714. The molecule has 1 aromatic rings. The highest BCUT2D eigenvalue weighted by Crippen LogP contribution is 2.16. The van der Waals surface area contributed by atoms with Gasteiger partial charge in [-0.25, -0.2) is 9.78 Å². The first kappa shape index (κ1) is 19.5. The number of urea groups is 1. The van der Waals surface area contributed by atoms with Crippen LogP contribution in [0.3, 0.4) is 0 Å². The number of anilines is 1. The lowest BCUT2D eigenvalue weighted by atomic mass is 10.3. The Balaban J connectivity index is 1.88. The number of hydrogen-bond acceptors (Lipinski definition) is 6. The first-order valence-electron chi connectivity index (χ1n) is 8.54. The standard InChI is InChI=1S/C17H25N5O2S/c1-2-25-16-5-4-15(14-19-16)20-17(23)22(7-3-6-18)9-8-21-10-12-24-13-11-21/h4-5,14H,2-3,7-13H2,1H3,(H,20,23). The summed E-state index contributed by atoms with van der Waals surface area (Å²) in [7, 11) is 0. The summed E-state index contributed by atoms with van der Waals surface area (Å²) in [5, 5.41) is 12.6. The van der Waals surface area contributed by atoms with Crippen LogP contribution in [0.25, 0.3) is 0 Å². The zero-order valence-corrected chi connectivity index (χ0v) is 15.4. The van der Waals surface area contributed by atoms with E-state index in [1.807, 2.05) is 12.1 Å². The van der Waals surface area contributed by atoms with Gasteiger partial charge >= 0.3 is 6.03 Å². The van der Waals surface area contributed by atoms with Crippen molar-refractivity contribution in [1.29, 1.82) is 5.26 Å². The fraction of sp³-hybridized carbons (Fsp3) is 0.588. The van der Waals surface area contributed by atoms with Crippen LogP contribution in [0.15, 0.2) is 23.4 Å². The lowest BCUT2D eigenvalue weighted by molar-refractivity contribution is 0.0352. The molecule has 1 saturated heterocycles. The van der Waals surface area contributed by atoms with E-state index in [9.17, 15) is 4.79 Å². The third kappa shape index (κ3) is 6.90. The molecule has 1 fully saturated rings. The molecule has 0 atom stereocenters. The van der Waals surface area contributed by atoms with E-state index >= 15 is 0 Å². The van der Waals surface area contributed by atoms with Crippen LogP contribution in [0.5, 0.6) is 0 Å². The molecule has 8 heteroatoms. The van der Waals surface area contributed by atoms with E-state index in [0.717, 1.165) is 43.6 Å². The molecular formula is C17H25N5O2S. The molecule has 1 aliphatic heterocycles. The molecule has 2 rings (SSSR count). The van der Waals surface area contributed by atoms with Crippen molar-refractivity contribution in [2.45, 2.75) is 18.4 Å². The Morgan fingerprint density at radius 2 is 2.24 bits per heavy atom. The molecule has 0 bridgehead atoms. The molecular weight excluding hydrogens is 338 g/mol. The second-order valence-corrected chi connectivity index (χ2v) is 6.88. The Kier molecular flexibility index (Phi) is 8.52. The maximum Gasteiger partial charge on any atom is 0.321 e. The molecule has 0 saturated carbocycles. The molecule has 0 aliphatic carbocycles. The number of hydrogen-bond donors (Lipinski definition) is 1. The minimum absolute atomic E-state index is 0.193. The predicted molar refractivity (Wildman–Crippen MR) is 98.7 cm³/mol. The van der Waals surface area contributed by atoms with Crippen LogP contribution in [-0.4, -0.2) is 72.5 Å². The SMILES string of the molecule is CCSc1ccc(NC(=O)N(CCC#N)CCN2CCOCC2)cn1. The Morgan fingerprint density at radius 1 is 1.44 bits per heavy atom. The lowest BCUT2D eigenvalue weighted by Gasteiger charge is -2.29. The molecule has 1 aliphatic rings. The number of amides is 2. The van der Waals surface area contributed by atoms with Gasteiger partial charge in [0.05, 0.1) is 42.6 Å². The maximum atomic E-state index is 12.5. The smallest absolute Gasteiger partial charge is 0.321 e. The molecule has 2 amide bonds. The summed E-state index contributed by atoms with van der Waals surface area (Å²) >= 11 is 1.66. The van der Waals surface area contributed by atoms with Crippen LogP contribution >= 0.6 is 11.8 Å². The van der Waals surface area contributed by atoms with Gasteiger partial charge in [-0.05, 0) is 17.9 Å². The summed E-state index contributed by atoms with van der Waals surface area (Å²) in [6.45, 7) is 7.10. The zero-order valence-electron chi connectivity index (χ0n) is 14.6. The second kappa shape index (κ2) is 10.9. The number of carbonyl (C=O) groups excluding carboxylic acids is 1. The number of rotatable bonds is 8. The number of nitriles is 1. The van der Waals surface area contributed by atoms with Gasteiger partial charge in [0, 0.05) is 32.7 Å². The summed E-state index contributed by atoms with van der Waals surface area (Å²) in [6, 6.07) is 5.67. The number of nitrogens with zero attached hydrogens (tertiary/aromatic N) is 4. The van der Waals surface area contributed by atoms with Gasteiger partial charge in [0.2, 0.25) is 0 Å². The van der Waals surface area contributed by atoms with Crippen molar-refractivity contribution in [3.8, 4) is 6.07 Å². The van der Waals surface area contributed by atoms with Crippen LogP contribution in [0.1, 0.15) is 13.3 Å². The van der Waals surface area contributed by atoms with Gasteiger partial charge in [-0.1, -0.05) is 6.92 Å². The molecule has 0 radical (unpaired) electrons. The van der Waals surface area contributed by atoms with Gasteiger partial charge in [-0.3, -0.25) is 4.90 Å². The van der Waals surface area contributed by atoms with Crippen molar-refractivity contribution in [2.24, 2.45) is 0 Å². The minimum atomic E-state index is -0.193. The number of pyridine rings is 1. The Morgan fingerprint density at radius 3 is 2.88 bits per heavy atom. The van der Waals surface area contributed by atoms with E-state index in [1.54, 1.807) is 22.9 Å². The monoisotopic (exact) mass is 363 g/mol. The molecule has 136 valence electrons. The van der Waals surface area contributed by atoms with Crippen molar-refractivity contribution in [1.82, 2.24) is 14.8 Å². The summed E-state index contributed by atoms with van der Waals surface area (Å²) in [5.41, 5.74) is 0.666. The Hall–Kier alpha value is -1.82. The molecule has 0 spiro atoms. The molecule has 25 heavy (non-hydrogen) atoms. The van der Waals surface area contributed by atoms with Crippen LogP contribution in [0.4, 0.5) is 10.5 Å². The topological polar surface area (TPSA) is 81.5 Å². The van der Waals surface area contributed by atoms with Crippen molar-refractivity contribution in [2.75, 3.05) is 57.0 Å². The van der Waals surface area contributed by atoms with E-state index in [0.29, 0.717) is 25.2 Å². The Labute approximate surface area is 153 Å². The molecule has 2 heterocycles. The summed E-state index contributed by atoms with van der Waals surface area (Å²) in [4.78, 5) is 20.8. The molecule has 0 aromatic carbocycles. The number of carbonyl (C=O) groups is 1. The maximum absolute atomic E-state index is 12.5. The number of aromatic nitrogens is 1. The van der Waals surface area contributed by atoms with Gasteiger partial charge in [0.1, 0.15) is 0 Å². The third-order valence-corrected chi connectivity index (χ3v) is 4.68. The molecule has 7 nitrogen and oxygen atoms in total. The first-order valence-corrected chi connectivity index (χ1v) is 9.53. The number of morpholine rings is 1. The van der Waals surface area contributed by atoms with Crippen LogP contribution < -0.4 is 5.32 Å². The average Bonchev–Trinajstić information content (AvgIpc) is 2.64. The molecule has 1 aromatic heterocycles. The number of ether oxygens (including phenoxy) is 1. The van der Waals surface area contributed by atoms with Crippen LogP contribution in [-0.2, 0) is 4.74 Å². The summed E-state index contributed by atoms with van der Waals surface area (Å²) in [5.74, 6) is 0.960. The van der Waals surface area contributed by atoms with Crippen molar-refractivity contribution in [3.05, 3.63) is 18.3 Å². The van der Waals surface area contributed by atoms with Crippen LogP contribution in [0.2, 0.25) is 0 Å². The number of thioether (sulfide) groups is 1. The van der Waals surface area contributed by atoms with Crippen LogP contribution in [0, 0.1) is 11.3 Å². The van der Waals surface area contributed by atoms with Gasteiger partial charge in [-0.15, -0.1) is 11.8 Å². The van der Waals surface area contributed by atoms with E-state index in [2.05, 4.69) is 28.2 Å². The van der Waals surface area contributed by atoms with E-state index in [4.69, 9.17) is 10.00 Å². The van der Waals surface area contributed by atoms with E-state index in [1.165, 1.54) is 0 Å². The first-order chi connectivity index (χ1) is 12.2. The molecule has 1 N–H and O–H groups in total. The fourth-order valence-corrected chi connectivity index (χ4v) is 3.06. The highest BCUT2D eigenvalue weighted by Gasteiger charge is 2.16. The largest absolute Gasteiger partial charge is 0.379 e. The van der Waals surface area contributed by atoms with E-state index < -0.39 is 0 Å². The second-order valence-electron chi connectivity index (χ2n) is 5.60. The average molecular weight is 363 g/mol. The number of nitrogens with one attached hydrogen (secondary N) is 1. The molecule has 0 unspecified atom stereocenters. The summed E-state index contributed by atoms with van der Waals surface area (Å²) in [6.07, 6.45) is 1.99. The Bertz CT molecular complexity index is 569. The van der Waals surface area contributed by atoms with Crippen molar-refractivity contribution < 1.29 is 9.53 Å². The lowest BCUT2D eigenvalue weighted by Crippen LogP contribution is -2.44. The van der Waals surface area contributed by atoms with Crippen molar-refractivity contribution >= 4 is 23.5 Å². The highest BCUT2D eigenvalue weighted by molar-refractivity contribution is 7.99. The van der Waals surface area contributed by atoms with Gasteiger partial charge in [0.25, 0.3) is 0 Å². The van der Waals surface area contributed by atoms with Crippen molar-refractivity contribution in [3.63, 3.8) is 0 Å². The normalized spacial score (nSPS) is 14.7. The zero-order chi connectivity index (χ0) is 17.9.